The molecule has 2 heterocycles. The molecule has 0 amide bonds. The number of hydrogen-bond donors (Lipinski definition) is 0. The van der Waals surface area contributed by atoms with Gasteiger partial charge in [-0.2, -0.15) is 0 Å². The van der Waals surface area contributed by atoms with E-state index in [2.05, 4.69) is 22.0 Å². The molecule has 1 aromatic carbocycles. The minimum absolute atomic E-state index is 0.0467. The highest BCUT2D eigenvalue weighted by Gasteiger charge is 2.27. The molecule has 1 saturated heterocycles. The van der Waals surface area contributed by atoms with Gasteiger partial charge in [0.2, 0.25) is 0 Å². The Labute approximate surface area is 118 Å². The molecule has 1 aromatic heterocycles. The number of benzene rings is 1. The third kappa shape index (κ3) is 2.33. The first-order chi connectivity index (χ1) is 9.79. The zero-order valence-corrected chi connectivity index (χ0v) is 11.6. The molecular formula is C16H18N2O2. The zero-order chi connectivity index (χ0) is 13.9. The molecule has 1 fully saturated rings. The first kappa shape index (κ1) is 12.9. The summed E-state index contributed by atoms with van der Waals surface area (Å²) in [6.07, 6.45) is 3.72. The van der Waals surface area contributed by atoms with Crippen LogP contribution in [0.5, 0.6) is 0 Å². The number of hydrogen-bond acceptors (Lipinski definition) is 4. The summed E-state index contributed by atoms with van der Waals surface area (Å²) in [7, 11) is 1.46. The van der Waals surface area contributed by atoms with E-state index < -0.39 is 0 Å². The van der Waals surface area contributed by atoms with Crippen molar-refractivity contribution in [2.75, 3.05) is 25.1 Å². The number of pyridine rings is 1. The predicted molar refractivity (Wildman–Crippen MR) is 78.7 cm³/mol. The average molecular weight is 270 g/mol. The monoisotopic (exact) mass is 270 g/mol. The van der Waals surface area contributed by atoms with Gasteiger partial charge < -0.3 is 9.64 Å². The van der Waals surface area contributed by atoms with Crippen LogP contribution < -0.4 is 4.90 Å². The van der Waals surface area contributed by atoms with Gasteiger partial charge in [0.05, 0.1) is 13.0 Å². The highest BCUT2D eigenvalue weighted by atomic mass is 16.5. The summed E-state index contributed by atoms with van der Waals surface area (Å²) in [6, 6.07) is 10.2. The quantitative estimate of drug-likeness (QED) is 0.787. The predicted octanol–water partition coefficient (Wildman–Crippen LogP) is 2.62. The molecule has 3 rings (SSSR count). The van der Waals surface area contributed by atoms with Crippen LogP contribution in [0.1, 0.15) is 12.8 Å². The summed E-state index contributed by atoms with van der Waals surface area (Å²) < 4.78 is 4.88. The fourth-order valence-electron chi connectivity index (χ4n) is 2.88. The Morgan fingerprint density at radius 3 is 3.05 bits per heavy atom. The molecule has 0 radical (unpaired) electrons. The molecule has 20 heavy (non-hydrogen) atoms. The number of carbonyl (C=O) groups excluding carboxylic acids is 1. The molecule has 0 aliphatic carbocycles. The van der Waals surface area contributed by atoms with Gasteiger partial charge in [0.25, 0.3) is 0 Å². The van der Waals surface area contributed by atoms with Crippen LogP contribution in [0.25, 0.3) is 10.8 Å². The van der Waals surface area contributed by atoms with E-state index in [0.717, 1.165) is 30.6 Å². The lowest BCUT2D eigenvalue weighted by molar-refractivity contribution is -0.145. The Hall–Kier alpha value is -2.10. The Morgan fingerprint density at radius 2 is 2.20 bits per heavy atom. The van der Waals surface area contributed by atoms with Crippen LogP contribution in [-0.2, 0) is 9.53 Å². The Balaban J connectivity index is 1.92. The molecule has 1 atom stereocenters. The highest BCUT2D eigenvalue weighted by Crippen LogP contribution is 2.28. The van der Waals surface area contributed by atoms with Crippen molar-refractivity contribution in [3.63, 3.8) is 0 Å². The molecule has 1 aliphatic heterocycles. The summed E-state index contributed by atoms with van der Waals surface area (Å²) in [5.41, 5.74) is 0. The number of fused-ring (bicyclic) bond motifs is 1. The lowest BCUT2D eigenvalue weighted by Crippen LogP contribution is -2.39. The molecule has 0 bridgehead atoms. The summed E-state index contributed by atoms with van der Waals surface area (Å²) in [5, 5.41) is 2.32. The van der Waals surface area contributed by atoms with E-state index in [4.69, 9.17) is 4.74 Å². The van der Waals surface area contributed by atoms with Gasteiger partial charge in [0.1, 0.15) is 5.82 Å². The molecule has 4 heteroatoms. The van der Waals surface area contributed by atoms with Crippen molar-refractivity contribution < 1.29 is 9.53 Å². The third-order valence-electron chi connectivity index (χ3n) is 3.91. The second-order valence-corrected chi connectivity index (χ2v) is 5.16. The smallest absolute Gasteiger partial charge is 0.310 e. The number of piperidine rings is 1. The number of methoxy groups -OCH3 is 1. The summed E-state index contributed by atoms with van der Waals surface area (Å²) in [6.45, 7) is 1.63. The fourth-order valence-corrected chi connectivity index (χ4v) is 2.88. The second kappa shape index (κ2) is 5.49. The number of anilines is 1. The largest absolute Gasteiger partial charge is 0.469 e. The number of aromatic nitrogens is 1. The number of rotatable bonds is 2. The molecule has 0 N–H and O–H groups in total. The van der Waals surface area contributed by atoms with Gasteiger partial charge in [-0.1, -0.05) is 24.3 Å². The normalized spacial score (nSPS) is 19.1. The Kier molecular flexibility index (Phi) is 3.54. The van der Waals surface area contributed by atoms with Crippen molar-refractivity contribution in [1.29, 1.82) is 0 Å². The lowest BCUT2D eigenvalue weighted by Gasteiger charge is -2.32. The van der Waals surface area contributed by atoms with Gasteiger partial charge in [-0.15, -0.1) is 0 Å². The van der Waals surface area contributed by atoms with E-state index in [0.29, 0.717) is 6.54 Å². The van der Waals surface area contributed by atoms with E-state index >= 15 is 0 Å². The third-order valence-corrected chi connectivity index (χ3v) is 3.91. The summed E-state index contributed by atoms with van der Waals surface area (Å²) in [5.74, 6) is 0.807. The van der Waals surface area contributed by atoms with E-state index in [9.17, 15) is 4.79 Å². The first-order valence-corrected chi connectivity index (χ1v) is 6.96. The van der Waals surface area contributed by atoms with Gasteiger partial charge in [0.15, 0.2) is 0 Å². The molecule has 1 aliphatic rings. The fraction of sp³-hybridized carbons (Fsp3) is 0.375. The van der Waals surface area contributed by atoms with Gasteiger partial charge in [0, 0.05) is 24.7 Å². The lowest BCUT2D eigenvalue weighted by atomic mass is 9.98. The Bertz CT molecular complexity index is 621. The minimum atomic E-state index is -0.116. The van der Waals surface area contributed by atoms with Crippen molar-refractivity contribution in [2.24, 2.45) is 5.92 Å². The molecular weight excluding hydrogens is 252 g/mol. The first-order valence-electron chi connectivity index (χ1n) is 6.96. The van der Waals surface area contributed by atoms with Crippen LogP contribution in [0, 0.1) is 5.92 Å². The Morgan fingerprint density at radius 1 is 1.35 bits per heavy atom. The number of carbonyl (C=O) groups is 1. The molecule has 104 valence electrons. The minimum Gasteiger partial charge on any atom is -0.469 e. The topological polar surface area (TPSA) is 42.4 Å². The maximum absolute atomic E-state index is 11.7. The second-order valence-electron chi connectivity index (χ2n) is 5.16. The van der Waals surface area contributed by atoms with Crippen molar-refractivity contribution in [3.8, 4) is 0 Å². The van der Waals surface area contributed by atoms with Gasteiger partial charge in [-0.05, 0) is 24.3 Å². The highest BCUT2D eigenvalue weighted by molar-refractivity contribution is 5.92. The van der Waals surface area contributed by atoms with Crippen LogP contribution in [0.2, 0.25) is 0 Å². The van der Waals surface area contributed by atoms with Crippen LogP contribution in [0.4, 0.5) is 5.82 Å². The molecule has 2 aromatic rings. The van der Waals surface area contributed by atoms with E-state index in [1.54, 1.807) is 0 Å². The molecule has 0 saturated carbocycles. The van der Waals surface area contributed by atoms with Crippen LogP contribution >= 0.6 is 0 Å². The average Bonchev–Trinajstić information content (AvgIpc) is 2.53. The van der Waals surface area contributed by atoms with Crippen molar-refractivity contribution >= 4 is 22.6 Å². The van der Waals surface area contributed by atoms with Gasteiger partial charge in [-0.25, -0.2) is 4.98 Å². The number of ether oxygens (including phenoxy) is 1. The standard InChI is InChI=1S/C16H18N2O2/c1-20-16(19)13-6-4-10-18(11-13)15-14-7-3-2-5-12(14)8-9-17-15/h2-3,5,7-9,13H,4,6,10-11H2,1H3. The zero-order valence-electron chi connectivity index (χ0n) is 11.6. The van der Waals surface area contributed by atoms with Crippen LogP contribution in [-0.4, -0.2) is 31.2 Å². The van der Waals surface area contributed by atoms with E-state index in [-0.39, 0.29) is 11.9 Å². The van der Waals surface area contributed by atoms with E-state index in [1.807, 2.05) is 24.4 Å². The number of nitrogens with zero attached hydrogens (tertiary/aromatic N) is 2. The number of esters is 1. The SMILES string of the molecule is COC(=O)C1CCCN(c2nccc3ccccc23)C1. The van der Waals surface area contributed by atoms with Gasteiger partial charge in [-0.3, -0.25) is 4.79 Å². The van der Waals surface area contributed by atoms with Crippen LogP contribution in [0.15, 0.2) is 36.5 Å². The molecule has 0 spiro atoms. The maximum Gasteiger partial charge on any atom is 0.310 e. The van der Waals surface area contributed by atoms with Crippen molar-refractivity contribution in [1.82, 2.24) is 4.98 Å². The van der Waals surface area contributed by atoms with E-state index in [1.165, 1.54) is 12.5 Å². The van der Waals surface area contributed by atoms with Gasteiger partial charge >= 0.3 is 5.97 Å². The molecule has 4 nitrogen and oxygen atoms in total. The summed E-state index contributed by atoms with van der Waals surface area (Å²) >= 11 is 0. The molecule has 1 unspecified atom stereocenters. The maximum atomic E-state index is 11.7. The van der Waals surface area contributed by atoms with Crippen molar-refractivity contribution in [2.45, 2.75) is 12.8 Å². The van der Waals surface area contributed by atoms with Crippen molar-refractivity contribution in [3.05, 3.63) is 36.5 Å². The summed E-state index contributed by atoms with van der Waals surface area (Å²) in [4.78, 5) is 18.5. The van der Waals surface area contributed by atoms with Crippen LogP contribution in [0.3, 0.4) is 0 Å².